The maximum absolute atomic E-state index is 12.2. The number of esters is 1. The summed E-state index contributed by atoms with van der Waals surface area (Å²) >= 11 is 0. The van der Waals surface area contributed by atoms with E-state index in [4.69, 9.17) is 9.47 Å². The molecule has 4 heteroatoms. The molecule has 4 rings (SSSR count). The third-order valence-corrected chi connectivity index (χ3v) is 7.54. The smallest absolute Gasteiger partial charge is 0.308 e. The van der Waals surface area contributed by atoms with Crippen molar-refractivity contribution in [2.45, 2.75) is 90.5 Å². The normalized spacial score (nSPS) is 28.8. The second-order valence-electron chi connectivity index (χ2n) is 11.2. The van der Waals surface area contributed by atoms with E-state index in [1.165, 1.54) is 43.2 Å². The summed E-state index contributed by atoms with van der Waals surface area (Å²) in [6.07, 6.45) is 9.14. The summed E-state index contributed by atoms with van der Waals surface area (Å²) in [5.74, 6) is 1.73. The molecular weight excluding hydrogens is 374 g/mol. The van der Waals surface area contributed by atoms with Gasteiger partial charge in [0.05, 0.1) is 0 Å². The highest BCUT2D eigenvalue weighted by Gasteiger charge is 2.51. The van der Waals surface area contributed by atoms with Crippen LogP contribution in [0.25, 0.3) is 0 Å². The lowest BCUT2D eigenvalue weighted by Crippen LogP contribution is -2.59. The number of carbonyl (C=O) groups excluding carboxylic acids is 1. The van der Waals surface area contributed by atoms with Crippen molar-refractivity contribution in [3.63, 3.8) is 0 Å². The van der Waals surface area contributed by atoms with E-state index in [0.29, 0.717) is 23.8 Å². The Morgan fingerprint density at radius 3 is 2.90 bits per heavy atom. The lowest BCUT2D eigenvalue weighted by Gasteiger charge is -2.56. The van der Waals surface area contributed by atoms with Crippen molar-refractivity contribution in [2.24, 2.45) is 17.3 Å². The van der Waals surface area contributed by atoms with Gasteiger partial charge in [-0.3, -0.25) is 4.79 Å². The maximum atomic E-state index is 12.2. The number of ether oxygens (including phenoxy) is 2. The van der Waals surface area contributed by atoms with Crippen LogP contribution < -0.4 is 10.1 Å². The monoisotopic (exact) mass is 413 g/mol. The van der Waals surface area contributed by atoms with Crippen LogP contribution in [0.4, 0.5) is 0 Å². The summed E-state index contributed by atoms with van der Waals surface area (Å²) < 4.78 is 11.3. The van der Waals surface area contributed by atoms with Crippen molar-refractivity contribution in [1.82, 2.24) is 5.32 Å². The SMILES string of the molecule is CC(CC(=O)OCOc1ccc2c(c1)[C@@]13CCCC[C@@H]1[C@H](C2)NCC3)CC(C)(C)C. The van der Waals surface area contributed by atoms with Gasteiger partial charge in [-0.1, -0.05) is 46.6 Å². The summed E-state index contributed by atoms with van der Waals surface area (Å²) in [4.78, 5) is 12.2. The molecule has 1 aromatic carbocycles. The maximum Gasteiger partial charge on any atom is 0.308 e. The quantitative estimate of drug-likeness (QED) is 0.503. The van der Waals surface area contributed by atoms with Crippen molar-refractivity contribution in [3.05, 3.63) is 29.3 Å². The average Bonchev–Trinajstić information content (AvgIpc) is 2.67. The number of benzene rings is 1. The Balaban J connectivity index is 1.38. The second-order valence-corrected chi connectivity index (χ2v) is 11.2. The number of hydrogen-bond acceptors (Lipinski definition) is 4. The Labute approximate surface area is 182 Å². The zero-order chi connectivity index (χ0) is 21.4. The molecular formula is C26H39NO3. The minimum absolute atomic E-state index is 0.000463. The number of carbonyl (C=O) groups is 1. The number of hydrogen-bond donors (Lipinski definition) is 1. The van der Waals surface area contributed by atoms with Gasteiger partial charge in [-0.15, -0.1) is 0 Å². The largest absolute Gasteiger partial charge is 0.457 e. The molecule has 2 fully saturated rings. The zero-order valence-electron chi connectivity index (χ0n) is 19.3. The van der Waals surface area contributed by atoms with E-state index >= 15 is 0 Å². The molecule has 30 heavy (non-hydrogen) atoms. The van der Waals surface area contributed by atoms with E-state index in [1.807, 2.05) is 6.07 Å². The van der Waals surface area contributed by atoms with Crippen molar-refractivity contribution < 1.29 is 14.3 Å². The van der Waals surface area contributed by atoms with Crippen LogP contribution in [0.5, 0.6) is 5.75 Å². The van der Waals surface area contributed by atoms with Gasteiger partial charge in [0.2, 0.25) is 6.79 Å². The van der Waals surface area contributed by atoms with Crippen LogP contribution in [0.2, 0.25) is 0 Å². The fraction of sp³-hybridized carbons (Fsp3) is 0.731. The highest BCUT2D eigenvalue weighted by molar-refractivity contribution is 5.69. The van der Waals surface area contributed by atoms with E-state index in [9.17, 15) is 4.79 Å². The van der Waals surface area contributed by atoms with Crippen molar-refractivity contribution in [1.29, 1.82) is 0 Å². The van der Waals surface area contributed by atoms with Crippen LogP contribution in [0, 0.1) is 17.3 Å². The molecule has 1 aliphatic heterocycles. The van der Waals surface area contributed by atoms with Crippen LogP contribution >= 0.6 is 0 Å². The van der Waals surface area contributed by atoms with Crippen LogP contribution in [-0.4, -0.2) is 25.3 Å². The predicted molar refractivity (Wildman–Crippen MR) is 120 cm³/mol. The molecule has 4 nitrogen and oxygen atoms in total. The highest BCUT2D eigenvalue weighted by Crippen LogP contribution is 2.54. The van der Waals surface area contributed by atoms with E-state index in [-0.39, 0.29) is 18.2 Å². The predicted octanol–water partition coefficient (Wildman–Crippen LogP) is 5.37. The molecule has 166 valence electrons. The number of rotatable bonds is 6. The van der Waals surface area contributed by atoms with Crippen LogP contribution in [0.1, 0.15) is 83.8 Å². The first kappa shape index (κ1) is 21.7. The van der Waals surface area contributed by atoms with Gasteiger partial charge in [0.1, 0.15) is 5.75 Å². The Bertz CT molecular complexity index is 764. The van der Waals surface area contributed by atoms with E-state index in [0.717, 1.165) is 31.1 Å². The molecule has 1 saturated heterocycles. The number of piperidine rings is 1. The first-order valence-corrected chi connectivity index (χ1v) is 11.9. The highest BCUT2D eigenvalue weighted by atomic mass is 16.7. The molecule has 3 aliphatic rings. The Morgan fingerprint density at radius 1 is 1.27 bits per heavy atom. The number of fused-ring (bicyclic) bond motifs is 1. The van der Waals surface area contributed by atoms with Crippen molar-refractivity contribution >= 4 is 5.97 Å². The average molecular weight is 414 g/mol. The molecule has 0 aromatic heterocycles. The van der Waals surface area contributed by atoms with Gasteiger partial charge in [0.25, 0.3) is 0 Å². The molecule has 0 spiro atoms. The molecule has 1 saturated carbocycles. The second kappa shape index (κ2) is 8.53. The lowest BCUT2D eigenvalue weighted by molar-refractivity contribution is -0.151. The molecule has 2 aliphatic carbocycles. The fourth-order valence-electron chi connectivity index (χ4n) is 6.62. The Hall–Kier alpha value is -1.55. The summed E-state index contributed by atoms with van der Waals surface area (Å²) in [7, 11) is 0. The van der Waals surface area contributed by atoms with Crippen LogP contribution in [-0.2, 0) is 21.4 Å². The van der Waals surface area contributed by atoms with Gasteiger partial charge in [0.15, 0.2) is 0 Å². The van der Waals surface area contributed by atoms with Gasteiger partial charge in [0, 0.05) is 17.9 Å². The van der Waals surface area contributed by atoms with Crippen LogP contribution in [0.3, 0.4) is 0 Å². The molecule has 1 aromatic rings. The summed E-state index contributed by atoms with van der Waals surface area (Å²) in [6, 6.07) is 7.18. The lowest BCUT2D eigenvalue weighted by atomic mass is 9.53. The molecule has 1 unspecified atom stereocenters. The fourth-order valence-corrected chi connectivity index (χ4v) is 6.62. The minimum atomic E-state index is -0.170. The molecule has 2 bridgehead atoms. The van der Waals surface area contributed by atoms with Gasteiger partial charge < -0.3 is 14.8 Å². The molecule has 0 amide bonds. The summed E-state index contributed by atoms with van der Waals surface area (Å²) in [5, 5.41) is 3.79. The third kappa shape index (κ3) is 4.54. The van der Waals surface area contributed by atoms with Crippen molar-refractivity contribution in [2.75, 3.05) is 13.3 Å². The summed E-state index contributed by atoms with van der Waals surface area (Å²) in [6.45, 7) is 9.85. The third-order valence-electron chi connectivity index (χ3n) is 7.54. The summed E-state index contributed by atoms with van der Waals surface area (Å²) in [5.41, 5.74) is 3.53. The Kier molecular flexibility index (Phi) is 6.16. The topological polar surface area (TPSA) is 47.6 Å². The van der Waals surface area contributed by atoms with Gasteiger partial charge in [-0.05, 0) is 79.2 Å². The van der Waals surface area contributed by atoms with E-state index < -0.39 is 0 Å². The minimum Gasteiger partial charge on any atom is -0.457 e. The molecule has 1 heterocycles. The molecule has 0 radical (unpaired) electrons. The van der Waals surface area contributed by atoms with Gasteiger partial charge in [-0.25, -0.2) is 0 Å². The van der Waals surface area contributed by atoms with Crippen LogP contribution in [0.15, 0.2) is 18.2 Å². The molecule has 1 N–H and O–H groups in total. The number of nitrogens with one attached hydrogen (secondary N) is 1. The van der Waals surface area contributed by atoms with Gasteiger partial charge >= 0.3 is 5.97 Å². The van der Waals surface area contributed by atoms with E-state index in [2.05, 4.69) is 45.1 Å². The first-order valence-electron chi connectivity index (χ1n) is 11.9. The zero-order valence-corrected chi connectivity index (χ0v) is 19.3. The van der Waals surface area contributed by atoms with Gasteiger partial charge in [-0.2, -0.15) is 0 Å². The Morgan fingerprint density at radius 2 is 2.10 bits per heavy atom. The standard InChI is InChI=1S/C26H39NO3/c1-18(16-25(2,3)4)13-24(28)30-17-29-20-9-8-19-14-23-21-7-5-6-10-26(21,11-12-27-23)22(19)15-20/h8-9,15,18,21,23,27H,5-7,10-14,16-17H2,1-4H3/t18?,21-,23+,26-/m1/s1. The van der Waals surface area contributed by atoms with E-state index in [1.54, 1.807) is 0 Å². The molecule has 4 atom stereocenters. The first-order chi connectivity index (χ1) is 14.3. The van der Waals surface area contributed by atoms with Crippen molar-refractivity contribution in [3.8, 4) is 5.75 Å².